The third-order valence-electron chi connectivity index (χ3n) is 6.96. The topological polar surface area (TPSA) is 97.9 Å². The van der Waals surface area contributed by atoms with Crippen molar-refractivity contribution in [3.63, 3.8) is 0 Å². The summed E-state index contributed by atoms with van der Waals surface area (Å²) in [6.45, 7) is 7.35. The second kappa shape index (κ2) is 10.2. The Morgan fingerprint density at radius 2 is 2.00 bits per heavy atom. The average Bonchev–Trinajstić information content (AvgIpc) is 3.28. The Morgan fingerprint density at radius 3 is 2.70 bits per heavy atom. The summed E-state index contributed by atoms with van der Waals surface area (Å²) in [7, 11) is 1.77. The Labute approximate surface area is 235 Å². The molecule has 5 rings (SSSR count). The van der Waals surface area contributed by atoms with Gasteiger partial charge in [0.25, 0.3) is 11.5 Å². The molecule has 9 nitrogen and oxygen atoms in total. The van der Waals surface area contributed by atoms with Crippen molar-refractivity contribution in [2.45, 2.75) is 45.1 Å². The number of alkyl halides is 3. The van der Waals surface area contributed by atoms with Gasteiger partial charge in [0.05, 0.1) is 29.0 Å². The number of hydrogen-bond acceptors (Lipinski definition) is 6. The molecule has 0 bridgehead atoms. The molecule has 1 aliphatic heterocycles. The normalized spacial score (nSPS) is 16.1. The third kappa shape index (κ3) is 4.89. The van der Waals surface area contributed by atoms with E-state index in [9.17, 15) is 22.8 Å². The summed E-state index contributed by atoms with van der Waals surface area (Å²) in [5.41, 5.74) is 1.39. The average molecular weight is 616 g/mol. The SMILES string of the molecule is C=C[C@H](C)Nc1nc2c(c(=O)n1-c1ccc3c(c1)nnn3C)C[C@@H](C)N(C(=O)c1ccc(Br)c(C(F)(F)F)c1)C2. The Morgan fingerprint density at radius 1 is 1.25 bits per heavy atom. The molecule has 0 aliphatic carbocycles. The van der Waals surface area contributed by atoms with Gasteiger partial charge in [0.15, 0.2) is 0 Å². The number of halogens is 4. The van der Waals surface area contributed by atoms with E-state index in [0.717, 1.165) is 11.6 Å². The molecule has 40 heavy (non-hydrogen) atoms. The summed E-state index contributed by atoms with van der Waals surface area (Å²) in [5.74, 6) is -0.339. The van der Waals surface area contributed by atoms with E-state index < -0.39 is 23.7 Å². The van der Waals surface area contributed by atoms with E-state index in [1.54, 1.807) is 36.9 Å². The standard InChI is InChI=1S/C27H25BrF3N7O2/c1-5-14(2)32-26-33-22-13-37(24(39)16-6-8-20(28)19(11-16)27(29,30)31)15(3)10-18(22)25(40)38(26)17-7-9-23-21(12-17)34-35-36(23)4/h5-9,11-12,14-15H,1,10,13H2,2-4H3,(H,32,33)/t14-,15+/m0/s1. The van der Waals surface area contributed by atoms with Crippen molar-refractivity contribution >= 4 is 38.8 Å². The molecular formula is C27H25BrF3N7O2. The van der Waals surface area contributed by atoms with Crippen molar-refractivity contribution in [2.24, 2.45) is 7.05 Å². The number of hydrogen-bond donors (Lipinski definition) is 1. The van der Waals surface area contributed by atoms with Gasteiger partial charge in [-0.25, -0.2) is 14.2 Å². The van der Waals surface area contributed by atoms with Gasteiger partial charge in [-0.1, -0.05) is 27.2 Å². The molecule has 0 radical (unpaired) electrons. The molecule has 2 atom stereocenters. The monoisotopic (exact) mass is 615 g/mol. The zero-order valence-corrected chi connectivity index (χ0v) is 23.4. The van der Waals surface area contributed by atoms with Gasteiger partial charge < -0.3 is 10.2 Å². The van der Waals surface area contributed by atoms with Crippen LogP contribution in [0.4, 0.5) is 19.1 Å². The maximum Gasteiger partial charge on any atom is 0.417 e. The fourth-order valence-electron chi connectivity index (χ4n) is 4.74. The maximum absolute atomic E-state index is 13.9. The molecule has 1 N–H and O–H groups in total. The summed E-state index contributed by atoms with van der Waals surface area (Å²) in [5, 5.41) is 11.4. The van der Waals surface area contributed by atoms with Crippen LogP contribution in [0.1, 0.15) is 41.0 Å². The van der Waals surface area contributed by atoms with Crippen LogP contribution < -0.4 is 10.9 Å². The van der Waals surface area contributed by atoms with E-state index in [4.69, 9.17) is 4.98 Å². The first kappa shape index (κ1) is 27.6. The quantitative estimate of drug-likeness (QED) is 0.322. The van der Waals surface area contributed by atoms with Gasteiger partial charge in [-0.3, -0.25) is 9.59 Å². The van der Waals surface area contributed by atoms with Gasteiger partial charge >= 0.3 is 6.18 Å². The molecule has 2 aromatic carbocycles. The van der Waals surface area contributed by atoms with Crippen LogP contribution in [0.15, 0.2) is 58.3 Å². The first-order valence-corrected chi connectivity index (χ1v) is 13.2. The summed E-state index contributed by atoms with van der Waals surface area (Å²) in [6, 6.07) is 8.01. The van der Waals surface area contributed by atoms with Gasteiger partial charge in [-0.15, -0.1) is 11.7 Å². The lowest BCUT2D eigenvalue weighted by Crippen LogP contribution is -2.46. The van der Waals surface area contributed by atoms with Crippen LogP contribution >= 0.6 is 15.9 Å². The highest BCUT2D eigenvalue weighted by Gasteiger charge is 2.36. The molecular weight excluding hydrogens is 591 g/mol. The van der Waals surface area contributed by atoms with E-state index in [-0.39, 0.29) is 40.6 Å². The highest BCUT2D eigenvalue weighted by Crippen LogP contribution is 2.36. The predicted molar refractivity (Wildman–Crippen MR) is 147 cm³/mol. The van der Waals surface area contributed by atoms with Crippen molar-refractivity contribution in [1.29, 1.82) is 0 Å². The number of fused-ring (bicyclic) bond motifs is 2. The van der Waals surface area contributed by atoms with Crippen molar-refractivity contribution < 1.29 is 18.0 Å². The van der Waals surface area contributed by atoms with Gasteiger partial charge in [-0.05, 0) is 56.7 Å². The number of rotatable bonds is 5. The molecule has 3 heterocycles. The number of carbonyl (C=O) groups excluding carboxylic acids is 1. The predicted octanol–water partition coefficient (Wildman–Crippen LogP) is 4.87. The van der Waals surface area contributed by atoms with Crippen molar-refractivity contribution in [3.05, 3.63) is 86.3 Å². The van der Waals surface area contributed by atoms with Crippen LogP contribution in [-0.2, 0) is 26.2 Å². The van der Waals surface area contributed by atoms with Crippen LogP contribution in [0.25, 0.3) is 16.7 Å². The van der Waals surface area contributed by atoms with Crippen LogP contribution in [0.3, 0.4) is 0 Å². The maximum atomic E-state index is 13.9. The molecule has 208 valence electrons. The van der Waals surface area contributed by atoms with Crippen molar-refractivity contribution in [3.8, 4) is 5.69 Å². The lowest BCUT2D eigenvalue weighted by atomic mass is 9.98. The molecule has 0 spiro atoms. The summed E-state index contributed by atoms with van der Waals surface area (Å²) >= 11 is 2.91. The number of benzene rings is 2. The van der Waals surface area contributed by atoms with Crippen LogP contribution in [0.2, 0.25) is 0 Å². The molecule has 13 heteroatoms. The number of aromatic nitrogens is 5. The second-order valence-corrected chi connectivity index (χ2v) is 10.6. The van der Waals surface area contributed by atoms with Crippen molar-refractivity contribution in [1.82, 2.24) is 29.4 Å². The van der Waals surface area contributed by atoms with Gasteiger partial charge in [0.1, 0.15) is 5.52 Å². The lowest BCUT2D eigenvalue weighted by Gasteiger charge is -2.35. The number of carbonyl (C=O) groups is 1. The van der Waals surface area contributed by atoms with E-state index in [2.05, 4.69) is 38.1 Å². The number of nitrogens with one attached hydrogen (secondary N) is 1. The molecule has 4 aromatic rings. The number of nitrogens with zero attached hydrogens (tertiary/aromatic N) is 6. The highest BCUT2D eigenvalue weighted by atomic mass is 79.9. The first-order valence-electron chi connectivity index (χ1n) is 12.4. The molecule has 0 saturated carbocycles. The largest absolute Gasteiger partial charge is 0.417 e. The Bertz CT molecular complexity index is 1710. The van der Waals surface area contributed by atoms with Crippen molar-refractivity contribution in [2.75, 3.05) is 5.32 Å². The number of amides is 1. The second-order valence-electron chi connectivity index (χ2n) is 9.73. The van der Waals surface area contributed by atoms with E-state index in [1.165, 1.54) is 21.6 Å². The van der Waals surface area contributed by atoms with Gasteiger partial charge in [-0.2, -0.15) is 13.2 Å². The fraction of sp³-hybridized carbons (Fsp3) is 0.296. The summed E-state index contributed by atoms with van der Waals surface area (Å²) in [6.07, 6.45) is -2.79. The summed E-state index contributed by atoms with van der Waals surface area (Å²) < 4.78 is 43.4. The first-order chi connectivity index (χ1) is 18.9. The smallest absolute Gasteiger partial charge is 0.349 e. The number of anilines is 1. The van der Waals surface area contributed by atoms with Gasteiger partial charge in [0, 0.05) is 34.7 Å². The molecule has 1 aliphatic rings. The zero-order valence-electron chi connectivity index (χ0n) is 21.8. The van der Waals surface area contributed by atoms with E-state index in [0.29, 0.717) is 22.5 Å². The molecule has 1 amide bonds. The highest BCUT2D eigenvalue weighted by molar-refractivity contribution is 9.10. The molecule has 0 saturated heterocycles. The van der Waals surface area contributed by atoms with Crippen LogP contribution in [0.5, 0.6) is 0 Å². The van der Waals surface area contributed by atoms with E-state index in [1.807, 2.05) is 13.0 Å². The van der Waals surface area contributed by atoms with Gasteiger partial charge in [0.2, 0.25) is 5.95 Å². The van der Waals surface area contributed by atoms with Crippen LogP contribution in [-0.4, -0.2) is 47.4 Å². The Balaban J connectivity index is 1.58. The van der Waals surface area contributed by atoms with E-state index >= 15 is 0 Å². The minimum Gasteiger partial charge on any atom is -0.349 e. The Kier molecular flexibility index (Phi) is 7.02. The minimum atomic E-state index is -4.63. The summed E-state index contributed by atoms with van der Waals surface area (Å²) in [4.78, 5) is 33.5. The Hall–Kier alpha value is -4.00. The zero-order chi connectivity index (χ0) is 28.9. The third-order valence-corrected chi connectivity index (χ3v) is 7.65. The lowest BCUT2D eigenvalue weighted by molar-refractivity contribution is -0.138. The fourth-order valence-corrected chi connectivity index (χ4v) is 5.21. The molecule has 0 unspecified atom stereocenters. The number of aryl methyl sites for hydroxylation is 1. The molecule has 2 aromatic heterocycles. The minimum absolute atomic E-state index is 0.0385. The van der Waals surface area contributed by atoms with Crippen LogP contribution in [0, 0.1) is 0 Å². The molecule has 0 fully saturated rings.